The Bertz CT molecular complexity index is 1760. The van der Waals surface area contributed by atoms with Gasteiger partial charge in [-0.3, -0.25) is 0 Å². The van der Waals surface area contributed by atoms with Crippen LogP contribution in [0.5, 0.6) is 0 Å². The van der Waals surface area contributed by atoms with Crippen molar-refractivity contribution in [1.82, 2.24) is 29.4 Å². The molecule has 3 aromatic heterocycles. The van der Waals surface area contributed by atoms with Gasteiger partial charge in [0.2, 0.25) is 7.98 Å². The molecule has 7 rings (SSSR count). The Morgan fingerprint density at radius 3 is 1.68 bits per heavy atom. The molecule has 6 aromatic rings. The summed E-state index contributed by atoms with van der Waals surface area (Å²) in [6.45, 7) is 0. The molecule has 1 aliphatic rings. The molecule has 3 aromatic carbocycles. The normalized spacial score (nSPS) is 12.0. The van der Waals surface area contributed by atoms with E-state index in [0.29, 0.717) is 11.6 Å². The van der Waals surface area contributed by atoms with E-state index >= 15 is 0 Å². The zero-order valence-corrected chi connectivity index (χ0v) is 16.7. The van der Waals surface area contributed by atoms with E-state index in [-0.39, 0.29) is 0 Å². The molecule has 0 aliphatic carbocycles. The van der Waals surface area contributed by atoms with E-state index in [9.17, 15) is 0 Å². The quantitative estimate of drug-likeness (QED) is 0.389. The van der Waals surface area contributed by atoms with Gasteiger partial charge in [0.25, 0.3) is 0 Å². The van der Waals surface area contributed by atoms with Crippen LogP contribution in [0.1, 0.15) is 0 Å². The Morgan fingerprint density at radius 1 is 0.548 bits per heavy atom. The van der Waals surface area contributed by atoms with Crippen LogP contribution in [-0.4, -0.2) is 37.4 Å². The first kappa shape index (κ1) is 16.5. The summed E-state index contributed by atoms with van der Waals surface area (Å²) >= 11 is 0. The minimum atomic E-state index is 0.659. The third kappa shape index (κ3) is 2.23. The standard InChI is InChI=1S/C24H15BN6/c25-31-23-17-11-5-6-12-18(17)24(31)30-22-16-10-4-2-8-14(16)20(28-22)26-19-13-7-1-3-9-15(13)21(27-19)29-23/h1-12H,25H2,(H,26,27,28,29,30). The smallest absolute Gasteiger partial charge is 0.227 e. The van der Waals surface area contributed by atoms with Crippen molar-refractivity contribution >= 4 is 52.1 Å². The molecule has 144 valence electrons. The maximum Gasteiger partial charge on any atom is 0.227 e. The summed E-state index contributed by atoms with van der Waals surface area (Å²) in [7, 11) is 2.01. The topological polar surface area (TPSA) is 72.3 Å². The van der Waals surface area contributed by atoms with E-state index in [4.69, 9.17) is 19.9 Å². The van der Waals surface area contributed by atoms with E-state index in [1.807, 2.05) is 54.9 Å². The predicted octanol–water partition coefficient (Wildman–Crippen LogP) is 4.18. The van der Waals surface area contributed by atoms with Gasteiger partial charge >= 0.3 is 0 Å². The largest absolute Gasteiger partial charge is 0.363 e. The molecular weight excluding hydrogens is 383 g/mol. The maximum atomic E-state index is 5.05. The highest BCUT2D eigenvalue weighted by Gasteiger charge is 2.20. The highest BCUT2D eigenvalue weighted by atomic mass is 15.1. The van der Waals surface area contributed by atoms with E-state index in [0.717, 1.165) is 55.3 Å². The van der Waals surface area contributed by atoms with Crippen LogP contribution in [0.4, 0.5) is 0 Å². The van der Waals surface area contributed by atoms with Crippen LogP contribution in [0.15, 0.2) is 72.8 Å². The van der Waals surface area contributed by atoms with Crippen LogP contribution in [0.3, 0.4) is 0 Å². The molecule has 6 bridgehead atoms. The maximum absolute atomic E-state index is 5.05. The van der Waals surface area contributed by atoms with Crippen LogP contribution in [0.2, 0.25) is 0 Å². The molecule has 7 heteroatoms. The molecule has 0 spiro atoms. The summed E-state index contributed by atoms with van der Waals surface area (Å²) in [6.07, 6.45) is 0. The Balaban J connectivity index is 1.82. The van der Waals surface area contributed by atoms with E-state index in [2.05, 4.69) is 35.3 Å². The molecule has 6 nitrogen and oxygen atoms in total. The van der Waals surface area contributed by atoms with Gasteiger partial charge in [-0.2, -0.15) is 0 Å². The minimum Gasteiger partial charge on any atom is -0.363 e. The third-order valence-corrected chi connectivity index (χ3v) is 5.99. The molecule has 0 atom stereocenters. The number of nitrogens with zero attached hydrogens (tertiary/aromatic N) is 5. The summed E-state index contributed by atoms with van der Waals surface area (Å²) in [5.74, 6) is 1.33. The van der Waals surface area contributed by atoms with Crippen molar-refractivity contribution in [3.05, 3.63) is 72.8 Å². The van der Waals surface area contributed by atoms with Crippen molar-refractivity contribution in [1.29, 1.82) is 0 Å². The van der Waals surface area contributed by atoms with E-state index in [1.54, 1.807) is 0 Å². The molecular formula is C24H15BN6. The van der Waals surface area contributed by atoms with Crippen molar-refractivity contribution in [2.75, 3.05) is 0 Å². The van der Waals surface area contributed by atoms with Crippen molar-refractivity contribution in [3.63, 3.8) is 0 Å². The number of hydrogen-bond acceptors (Lipinski definition) is 4. The Labute approximate surface area is 177 Å². The first-order valence-corrected chi connectivity index (χ1v) is 10.2. The van der Waals surface area contributed by atoms with Crippen LogP contribution < -0.4 is 0 Å². The average molecular weight is 398 g/mol. The van der Waals surface area contributed by atoms with Gasteiger partial charge in [-0.05, 0) is 0 Å². The van der Waals surface area contributed by atoms with Gasteiger partial charge in [0, 0.05) is 32.7 Å². The summed E-state index contributed by atoms with van der Waals surface area (Å²) in [5, 5.41) is 4.14. The number of aromatic amines is 1. The molecule has 31 heavy (non-hydrogen) atoms. The SMILES string of the molecule is Bn1c2nc3nc(nc4[nH]c(nc1c1ccccc12)c1ccccc41)-c1ccccc1-3. The van der Waals surface area contributed by atoms with Crippen molar-refractivity contribution in [2.24, 2.45) is 0 Å². The fourth-order valence-electron chi connectivity index (χ4n) is 4.50. The van der Waals surface area contributed by atoms with Gasteiger partial charge in [-0.1, -0.05) is 72.8 Å². The van der Waals surface area contributed by atoms with Crippen LogP contribution >= 0.6 is 0 Å². The van der Waals surface area contributed by atoms with Gasteiger partial charge < -0.3 is 9.46 Å². The highest BCUT2D eigenvalue weighted by molar-refractivity contribution is 6.20. The summed E-state index contributed by atoms with van der Waals surface area (Å²) < 4.78 is 2.04. The number of nitrogens with one attached hydrogen (secondary N) is 1. The minimum absolute atomic E-state index is 0.659. The van der Waals surface area contributed by atoms with Crippen molar-refractivity contribution in [3.8, 4) is 22.8 Å². The molecule has 0 amide bonds. The highest BCUT2D eigenvalue weighted by Crippen LogP contribution is 2.35. The first-order chi connectivity index (χ1) is 15.3. The fraction of sp³-hybridized carbons (Fsp3) is 0. The monoisotopic (exact) mass is 398 g/mol. The number of fused-ring (bicyclic) bond motifs is 15. The molecule has 0 radical (unpaired) electrons. The molecule has 1 aliphatic heterocycles. The molecule has 0 unspecified atom stereocenters. The fourth-order valence-corrected chi connectivity index (χ4v) is 4.50. The average Bonchev–Trinajstić information content (AvgIpc) is 3.42. The zero-order chi connectivity index (χ0) is 20.5. The first-order valence-electron chi connectivity index (χ1n) is 10.2. The Hall–Kier alpha value is -4.26. The lowest BCUT2D eigenvalue weighted by atomic mass is 10.1. The lowest BCUT2D eigenvalue weighted by Gasteiger charge is -1.98. The van der Waals surface area contributed by atoms with Crippen LogP contribution in [-0.2, 0) is 0 Å². The Morgan fingerprint density at radius 2 is 1.03 bits per heavy atom. The summed E-state index contributed by atoms with van der Waals surface area (Å²) in [5.41, 5.74) is 5.19. The van der Waals surface area contributed by atoms with Crippen LogP contribution in [0, 0.1) is 0 Å². The van der Waals surface area contributed by atoms with Gasteiger partial charge in [0.15, 0.2) is 11.6 Å². The number of benzene rings is 3. The number of aromatic nitrogens is 6. The number of hydrogen-bond donors (Lipinski definition) is 1. The molecule has 0 fully saturated rings. The predicted molar refractivity (Wildman–Crippen MR) is 126 cm³/mol. The molecule has 1 N–H and O–H groups in total. The van der Waals surface area contributed by atoms with Gasteiger partial charge in [-0.15, -0.1) is 0 Å². The molecule has 0 saturated heterocycles. The van der Waals surface area contributed by atoms with Gasteiger partial charge in [0.1, 0.15) is 22.6 Å². The lowest BCUT2D eigenvalue weighted by Crippen LogP contribution is -1.94. The third-order valence-electron chi connectivity index (χ3n) is 5.99. The Kier molecular flexibility index (Phi) is 3.14. The molecule has 4 heterocycles. The zero-order valence-electron chi connectivity index (χ0n) is 16.7. The van der Waals surface area contributed by atoms with E-state index in [1.165, 1.54) is 0 Å². The number of rotatable bonds is 0. The number of H-pyrrole nitrogens is 1. The van der Waals surface area contributed by atoms with Crippen LogP contribution in [0.25, 0.3) is 66.9 Å². The summed E-state index contributed by atoms with van der Waals surface area (Å²) in [4.78, 5) is 23.3. The second-order valence-corrected chi connectivity index (χ2v) is 7.76. The second-order valence-electron chi connectivity index (χ2n) is 7.76. The lowest BCUT2D eigenvalue weighted by molar-refractivity contribution is 1.18. The van der Waals surface area contributed by atoms with Crippen molar-refractivity contribution in [2.45, 2.75) is 0 Å². The van der Waals surface area contributed by atoms with Crippen molar-refractivity contribution < 1.29 is 0 Å². The second kappa shape index (κ2) is 5.89. The van der Waals surface area contributed by atoms with E-state index < -0.39 is 0 Å². The van der Waals surface area contributed by atoms with Gasteiger partial charge in [-0.25, -0.2) is 19.9 Å². The van der Waals surface area contributed by atoms with Gasteiger partial charge in [0.05, 0.1) is 0 Å². The summed E-state index contributed by atoms with van der Waals surface area (Å²) in [6, 6.07) is 24.5. The molecule has 0 saturated carbocycles.